The van der Waals surface area contributed by atoms with Crippen LogP contribution >= 0.6 is 0 Å². The van der Waals surface area contributed by atoms with E-state index in [-0.39, 0.29) is 0 Å². The van der Waals surface area contributed by atoms with E-state index in [0.717, 1.165) is 6.42 Å². The van der Waals surface area contributed by atoms with E-state index in [2.05, 4.69) is 68.9 Å². The zero-order chi connectivity index (χ0) is 12.4. The molecule has 17 heavy (non-hydrogen) atoms. The maximum absolute atomic E-state index is 2.31. The Labute approximate surface area is 104 Å². The molecule has 1 heteroatoms. The van der Waals surface area contributed by atoms with E-state index in [4.69, 9.17) is 0 Å². The summed E-state index contributed by atoms with van der Waals surface area (Å²) in [5.74, 6) is 0. The van der Waals surface area contributed by atoms with E-state index < -0.39 is 0 Å². The molecular weight excluding hydrogens is 206 g/mol. The van der Waals surface area contributed by atoms with Gasteiger partial charge in [-0.15, -0.1) is 0 Å². The van der Waals surface area contributed by atoms with E-state index in [1.165, 1.54) is 27.9 Å². The molecule has 0 N–H and O–H groups in total. The SMILES string of the molecule is CCc1ccc(C)c(-c2ccc(C)c[n+]2C)c1. The molecular formula is C16H20N+. The van der Waals surface area contributed by atoms with Crippen molar-refractivity contribution in [2.24, 2.45) is 7.05 Å². The number of aromatic nitrogens is 1. The molecule has 0 aliphatic rings. The zero-order valence-electron chi connectivity index (χ0n) is 11.1. The van der Waals surface area contributed by atoms with Crippen LogP contribution in [0.2, 0.25) is 0 Å². The molecule has 1 aromatic heterocycles. The lowest BCUT2D eigenvalue weighted by atomic mass is 10.00. The molecule has 0 saturated heterocycles. The van der Waals surface area contributed by atoms with Crippen molar-refractivity contribution in [2.75, 3.05) is 0 Å². The van der Waals surface area contributed by atoms with Gasteiger partial charge < -0.3 is 0 Å². The number of nitrogens with zero attached hydrogens (tertiary/aromatic N) is 1. The molecule has 88 valence electrons. The molecule has 0 spiro atoms. The van der Waals surface area contributed by atoms with Crippen LogP contribution in [0.3, 0.4) is 0 Å². The van der Waals surface area contributed by atoms with Crippen LogP contribution in [-0.2, 0) is 13.5 Å². The summed E-state index contributed by atoms with van der Waals surface area (Å²) < 4.78 is 2.21. The summed E-state index contributed by atoms with van der Waals surface area (Å²) in [6, 6.07) is 11.1. The Morgan fingerprint density at radius 2 is 1.82 bits per heavy atom. The van der Waals surface area contributed by atoms with E-state index in [9.17, 15) is 0 Å². The van der Waals surface area contributed by atoms with Gasteiger partial charge in [0.25, 0.3) is 0 Å². The Balaban J connectivity index is 2.59. The molecule has 0 unspecified atom stereocenters. The average Bonchev–Trinajstić information content (AvgIpc) is 2.30. The number of aryl methyl sites for hydroxylation is 4. The Kier molecular flexibility index (Phi) is 3.28. The van der Waals surface area contributed by atoms with Crippen LogP contribution in [0.15, 0.2) is 36.5 Å². The van der Waals surface area contributed by atoms with Crippen molar-refractivity contribution in [3.8, 4) is 11.3 Å². The standard InChI is InChI=1S/C16H20N/c1-5-14-8-7-13(3)15(10-14)16-9-6-12(2)11-17(16)4/h6-11H,5H2,1-4H3/q+1. The molecule has 0 radical (unpaired) electrons. The van der Waals surface area contributed by atoms with Gasteiger partial charge in [0.2, 0.25) is 5.69 Å². The Bertz CT molecular complexity index is 541. The van der Waals surface area contributed by atoms with Gasteiger partial charge in [0.05, 0.1) is 0 Å². The summed E-state index contributed by atoms with van der Waals surface area (Å²) in [5.41, 5.74) is 6.64. The molecule has 0 fully saturated rings. The summed E-state index contributed by atoms with van der Waals surface area (Å²) in [7, 11) is 2.11. The minimum Gasteiger partial charge on any atom is -0.201 e. The van der Waals surface area contributed by atoms with E-state index in [1.807, 2.05) is 0 Å². The van der Waals surface area contributed by atoms with Gasteiger partial charge in [0.1, 0.15) is 7.05 Å². The van der Waals surface area contributed by atoms with Crippen molar-refractivity contribution in [2.45, 2.75) is 27.2 Å². The normalized spacial score (nSPS) is 10.6. The minimum atomic E-state index is 1.09. The minimum absolute atomic E-state index is 1.09. The smallest absolute Gasteiger partial charge is 0.201 e. The van der Waals surface area contributed by atoms with Gasteiger partial charge in [-0.2, -0.15) is 0 Å². The summed E-state index contributed by atoms with van der Waals surface area (Å²) in [6.45, 7) is 6.50. The van der Waals surface area contributed by atoms with Crippen molar-refractivity contribution < 1.29 is 4.57 Å². The first kappa shape index (κ1) is 11.8. The fourth-order valence-electron chi connectivity index (χ4n) is 2.19. The summed E-state index contributed by atoms with van der Waals surface area (Å²) in [6.07, 6.45) is 3.26. The summed E-state index contributed by atoms with van der Waals surface area (Å²) in [4.78, 5) is 0. The van der Waals surface area contributed by atoms with E-state index in [0.29, 0.717) is 0 Å². The van der Waals surface area contributed by atoms with Gasteiger partial charge in [-0.25, -0.2) is 4.57 Å². The van der Waals surface area contributed by atoms with Gasteiger partial charge in [-0.05, 0) is 43.5 Å². The average molecular weight is 226 g/mol. The van der Waals surface area contributed by atoms with Crippen LogP contribution in [0.5, 0.6) is 0 Å². The van der Waals surface area contributed by atoms with E-state index in [1.54, 1.807) is 0 Å². The van der Waals surface area contributed by atoms with Crippen molar-refractivity contribution in [1.82, 2.24) is 0 Å². The van der Waals surface area contributed by atoms with Gasteiger partial charge in [0.15, 0.2) is 6.20 Å². The van der Waals surface area contributed by atoms with Crippen molar-refractivity contribution in [3.63, 3.8) is 0 Å². The molecule has 2 rings (SSSR count). The molecule has 0 aliphatic heterocycles. The highest BCUT2D eigenvalue weighted by atomic mass is 14.9. The van der Waals surface area contributed by atoms with Crippen LogP contribution in [-0.4, -0.2) is 0 Å². The monoisotopic (exact) mass is 226 g/mol. The van der Waals surface area contributed by atoms with Crippen LogP contribution in [0, 0.1) is 13.8 Å². The Hall–Kier alpha value is -1.63. The van der Waals surface area contributed by atoms with Gasteiger partial charge in [-0.1, -0.05) is 19.1 Å². The number of hydrogen-bond donors (Lipinski definition) is 0. The summed E-state index contributed by atoms with van der Waals surface area (Å²) >= 11 is 0. The predicted octanol–water partition coefficient (Wildman–Crippen LogP) is 3.36. The molecule has 0 amide bonds. The molecule has 1 nitrogen and oxygen atoms in total. The van der Waals surface area contributed by atoms with Crippen molar-refractivity contribution in [1.29, 1.82) is 0 Å². The predicted molar refractivity (Wildman–Crippen MR) is 71.9 cm³/mol. The lowest BCUT2D eigenvalue weighted by molar-refractivity contribution is -0.660. The number of rotatable bonds is 2. The van der Waals surface area contributed by atoms with Crippen molar-refractivity contribution in [3.05, 3.63) is 53.2 Å². The second-order valence-electron chi connectivity index (χ2n) is 4.71. The third kappa shape index (κ3) is 2.38. The zero-order valence-corrected chi connectivity index (χ0v) is 11.1. The molecule has 0 atom stereocenters. The van der Waals surface area contributed by atoms with Crippen LogP contribution in [0.1, 0.15) is 23.6 Å². The highest BCUT2D eigenvalue weighted by Gasteiger charge is 2.12. The lowest BCUT2D eigenvalue weighted by Gasteiger charge is -2.07. The molecule has 0 saturated carbocycles. The highest BCUT2D eigenvalue weighted by Crippen LogP contribution is 2.22. The molecule has 1 aromatic carbocycles. The number of hydrogen-bond acceptors (Lipinski definition) is 0. The number of benzene rings is 1. The molecule has 1 heterocycles. The quantitative estimate of drug-likeness (QED) is 0.691. The number of pyridine rings is 1. The largest absolute Gasteiger partial charge is 0.212 e. The van der Waals surface area contributed by atoms with Crippen molar-refractivity contribution >= 4 is 0 Å². The lowest BCUT2D eigenvalue weighted by Crippen LogP contribution is -2.31. The maximum Gasteiger partial charge on any atom is 0.212 e. The maximum atomic E-state index is 2.31. The first-order chi connectivity index (χ1) is 8.11. The Morgan fingerprint density at radius 3 is 2.47 bits per heavy atom. The van der Waals surface area contributed by atoms with Crippen LogP contribution < -0.4 is 4.57 Å². The first-order valence-electron chi connectivity index (χ1n) is 6.18. The molecule has 0 bridgehead atoms. The topological polar surface area (TPSA) is 3.88 Å². The fraction of sp³-hybridized carbons (Fsp3) is 0.312. The third-order valence-electron chi connectivity index (χ3n) is 3.27. The van der Waals surface area contributed by atoms with Gasteiger partial charge in [-0.3, -0.25) is 0 Å². The van der Waals surface area contributed by atoms with E-state index >= 15 is 0 Å². The first-order valence-corrected chi connectivity index (χ1v) is 6.18. The Morgan fingerprint density at radius 1 is 1.06 bits per heavy atom. The summed E-state index contributed by atoms with van der Waals surface area (Å²) in [5, 5.41) is 0. The second-order valence-corrected chi connectivity index (χ2v) is 4.71. The third-order valence-corrected chi connectivity index (χ3v) is 3.27. The molecule has 2 aromatic rings. The highest BCUT2D eigenvalue weighted by molar-refractivity contribution is 5.62. The van der Waals surface area contributed by atoms with Crippen LogP contribution in [0.4, 0.5) is 0 Å². The van der Waals surface area contributed by atoms with Crippen LogP contribution in [0.25, 0.3) is 11.3 Å². The second kappa shape index (κ2) is 4.70. The molecule has 0 aliphatic carbocycles. The van der Waals surface area contributed by atoms with Gasteiger partial charge >= 0.3 is 0 Å². The van der Waals surface area contributed by atoms with Gasteiger partial charge in [0, 0.05) is 17.2 Å². The fourth-order valence-corrected chi connectivity index (χ4v) is 2.19.